The maximum Gasteiger partial charge on any atom is 0.243 e. The van der Waals surface area contributed by atoms with Gasteiger partial charge in [-0.1, -0.05) is 6.07 Å². The molecule has 1 aromatic heterocycles. The third kappa shape index (κ3) is 2.20. The van der Waals surface area contributed by atoms with Gasteiger partial charge in [0.2, 0.25) is 10.0 Å². The number of alkyl halides is 1. The molecule has 1 aliphatic rings. The van der Waals surface area contributed by atoms with Crippen LogP contribution in [0.1, 0.15) is 12.0 Å². The lowest BCUT2D eigenvalue weighted by atomic mass is 10.1. The van der Waals surface area contributed by atoms with Crippen molar-refractivity contribution >= 4 is 32.5 Å². The van der Waals surface area contributed by atoms with Gasteiger partial charge in [0.1, 0.15) is 0 Å². The molecule has 0 spiro atoms. The highest BCUT2D eigenvalue weighted by molar-refractivity contribution is 7.89. The summed E-state index contributed by atoms with van der Waals surface area (Å²) in [6.45, 7) is 2.78. The van der Waals surface area contributed by atoms with Crippen molar-refractivity contribution in [3.63, 3.8) is 0 Å². The summed E-state index contributed by atoms with van der Waals surface area (Å²) in [4.78, 5) is 4.60. The molecule has 1 fully saturated rings. The maximum absolute atomic E-state index is 12.7. The van der Waals surface area contributed by atoms with Crippen LogP contribution >= 0.6 is 11.6 Å². The highest BCUT2D eigenvalue weighted by atomic mass is 35.5. The smallest absolute Gasteiger partial charge is 0.243 e. The largest absolute Gasteiger partial charge is 0.256 e. The molecular weight excluding hydrogens is 296 g/mol. The van der Waals surface area contributed by atoms with Crippen LogP contribution in [0.5, 0.6) is 0 Å². The number of benzene rings is 1. The van der Waals surface area contributed by atoms with Crippen LogP contribution in [0.3, 0.4) is 0 Å². The molecule has 3 rings (SSSR count). The molecule has 1 aromatic carbocycles. The molecule has 1 unspecified atom stereocenters. The first kappa shape index (κ1) is 13.8. The maximum atomic E-state index is 12.7. The van der Waals surface area contributed by atoms with Gasteiger partial charge in [-0.15, -0.1) is 11.6 Å². The summed E-state index contributed by atoms with van der Waals surface area (Å²) in [6.07, 6.45) is 2.37. The molecule has 0 N–H and O–H groups in total. The van der Waals surface area contributed by atoms with Gasteiger partial charge in [0.15, 0.2) is 0 Å². The number of pyridine rings is 1. The van der Waals surface area contributed by atoms with Crippen LogP contribution in [0.4, 0.5) is 0 Å². The molecule has 20 heavy (non-hydrogen) atoms. The van der Waals surface area contributed by atoms with E-state index in [2.05, 4.69) is 4.98 Å². The van der Waals surface area contributed by atoms with Crippen molar-refractivity contribution < 1.29 is 8.42 Å². The van der Waals surface area contributed by atoms with E-state index in [9.17, 15) is 8.42 Å². The molecule has 0 amide bonds. The zero-order valence-electron chi connectivity index (χ0n) is 11.1. The van der Waals surface area contributed by atoms with Crippen LogP contribution in [-0.2, 0) is 10.0 Å². The van der Waals surface area contributed by atoms with E-state index in [1.807, 2.05) is 6.92 Å². The first-order valence-corrected chi connectivity index (χ1v) is 8.36. The summed E-state index contributed by atoms with van der Waals surface area (Å²) in [7, 11) is -3.51. The molecule has 6 heteroatoms. The molecule has 2 heterocycles. The summed E-state index contributed by atoms with van der Waals surface area (Å²) in [6, 6.07) is 7.03. The second kappa shape index (κ2) is 4.98. The SMILES string of the molecule is Cc1ccc(S(=O)(=O)N2CCC(Cl)C2)c2cccnc12. The van der Waals surface area contributed by atoms with Gasteiger partial charge in [0, 0.05) is 30.0 Å². The number of rotatable bonds is 2. The lowest BCUT2D eigenvalue weighted by Crippen LogP contribution is -2.29. The lowest BCUT2D eigenvalue weighted by Gasteiger charge is -2.17. The van der Waals surface area contributed by atoms with Gasteiger partial charge < -0.3 is 0 Å². The van der Waals surface area contributed by atoms with E-state index in [0.717, 1.165) is 11.1 Å². The lowest BCUT2D eigenvalue weighted by molar-refractivity contribution is 0.478. The molecule has 4 nitrogen and oxygen atoms in total. The summed E-state index contributed by atoms with van der Waals surface area (Å²) in [5.41, 5.74) is 1.70. The van der Waals surface area contributed by atoms with Gasteiger partial charge in [-0.2, -0.15) is 4.31 Å². The number of nitrogens with zero attached hydrogens (tertiary/aromatic N) is 2. The molecule has 0 radical (unpaired) electrons. The second-order valence-corrected chi connectivity index (χ2v) is 7.55. The highest BCUT2D eigenvalue weighted by Crippen LogP contribution is 2.29. The fourth-order valence-corrected chi connectivity index (χ4v) is 4.59. The normalized spacial score (nSPS) is 20.6. The van der Waals surface area contributed by atoms with Crippen LogP contribution in [0.25, 0.3) is 10.9 Å². The number of fused-ring (bicyclic) bond motifs is 1. The third-order valence-electron chi connectivity index (χ3n) is 3.64. The van der Waals surface area contributed by atoms with Crippen LogP contribution in [0, 0.1) is 6.92 Å². The average Bonchev–Trinajstić information content (AvgIpc) is 2.87. The fraction of sp³-hybridized carbons (Fsp3) is 0.357. The third-order valence-corrected chi connectivity index (χ3v) is 5.92. The Bertz CT molecular complexity index is 761. The molecule has 0 saturated carbocycles. The van der Waals surface area contributed by atoms with Crippen molar-refractivity contribution in [3.8, 4) is 0 Å². The van der Waals surface area contributed by atoms with E-state index >= 15 is 0 Å². The second-order valence-electron chi connectivity index (χ2n) is 5.03. The van der Waals surface area contributed by atoms with Crippen molar-refractivity contribution in [1.29, 1.82) is 0 Å². The number of halogens is 1. The van der Waals surface area contributed by atoms with E-state index in [-0.39, 0.29) is 5.38 Å². The molecule has 1 saturated heterocycles. The number of aryl methyl sites for hydroxylation is 1. The monoisotopic (exact) mass is 310 g/mol. The fourth-order valence-electron chi connectivity index (χ4n) is 2.56. The Morgan fingerprint density at radius 2 is 2.15 bits per heavy atom. The Morgan fingerprint density at radius 3 is 2.85 bits per heavy atom. The van der Waals surface area contributed by atoms with Crippen molar-refractivity contribution in [2.45, 2.75) is 23.6 Å². The molecule has 0 bridgehead atoms. The first-order valence-electron chi connectivity index (χ1n) is 6.49. The van der Waals surface area contributed by atoms with E-state index in [0.29, 0.717) is 29.8 Å². The van der Waals surface area contributed by atoms with Crippen molar-refractivity contribution in [3.05, 3.63) is 36.0 Å². The number of sulfonamides is 1. The minimum absolute atomic E-state index is 0.0976. The Balaban J connectivity index is 2.17. The molecule has 106 valence electrons. The minimum atomic E-state index is -3.51. The summed E-state index contributed by atoms with van der Waals surface area (Å²) in [5, 5.41) is 0.574. The number of aromatic nitrogens is 1. The van der Waals surface area contributed by atoms with Crippen LogP contribution in [0.15, 0.2) is 35.4 Å². The van der Waals surface area contributed by atoms with Crippen LogP contribution < -0.4 is 0 Å². The Morgan fingerprint density at radius 1 is 1.35 bits per heavy atom. The van der Waals surface area contributed by atoms with E-state index in [4.69, 9.17) is 11.6 Å². The molecule has 0 aliphatic carbocycles. The molecule has 1 atom stereocenters. The Labute approximate surface area is 123 Å². The van der Waals surface area contributed by atoms with Crippen LogP contribution in [0.2, 0.25) is 0 Å². The number of hydrogen-bond donors (Lipinski definition) is 0. The zero-order chi connectivity index (χ0) is 14.3. The Hall–Kier alpha value is -1.17. The quantitative estimate of drug-likeness (QED) is 0.801. The van der Waals surface area contributed by atoms with Gasteiger partial charge in [0.25, 0.3) is 0 Å². The minimum Gasteiger partial charge on any atom is -0.256 e. The van der Waals surface area contributed by atoms with Gasteiger partial charge in [-0.3, -0.25) is 4.98 Å². The number of hydrogen-bond acceptors (Lipinski definition) is 3. The van der Waals surface area contributed by atoms with Gasteiger partial charge in [0.05, 0.1) is 10.4 Å². The topological polar surface area (TPSA) is 50.3 Å². The molecular formula is C14H15ClN2O2S. The summed E-state index contributed by atoms with van der Waals surface area (Å²) >= 11 is 6.03. The Kier molecular flexibility index (Phi) is 3.44. The zero-order valence-corrected chi connectivity index (χ0v) is 12.7. The average molecular weight is 311 g/mol. The van der Waals surface area contributed by atoms with E-state index < -0.39 is 10.0 Å². The first-order chi connectivity index (χ1) is 9.50. The molecule has 1 aliphatic heterocycles. The van der Waals surface area contributed by atoms with Crippen LogP contribution in [-0.4, -0.2) is 36.2 Å². The standard InChI is InChI=1S/C14H15ClN2O2S/c1-10-4-5-13(12-3-2-7-16-14(10)12)20(18,19)17-8-6-11(15)9-17/h2-5,7,11H,6,8-9H2,1H3. The molecule has 2 aromatic rings. The predicted molar refractivity (Wildman–Crippen MR) is 79.5 cm³/mol. The van der Waals surface area contributed by atoms with Gasteiger partial charge in [-0.05, 0) is 37.1 Å². The van der Waals surface area contributed by atoms with E-state index in [1.165, 1.54) is 4.31 Å². The van der Waals surface area contributed by atoms with Gasteiger partial charge >= 0.3 is 0 Å². The van der Waals surface area contributed by atoms with Crippen molar-refractivity contribution in [2.24, 2.45) is 0 Å². The summed E-state index contributed by atoms with van der Waals surface area (Å²) in [5.74, 6) is 0. The van der Waals surface area contributed by atoms with Gasteiger partial charge in [-0.25, -0.2) is 8.42 Å². The van der Waals surface area contributed by atoms with E-state index in [1.54, 1.807) is 30.5 Å². The van der Waals surface area contributed by atoms with Crippen molar-refractivity contribution in [1.82, 2.24) is 9.29 Å². The van der Waals surface area contributed by atoms with Crippen molar-refractivity contribution in [2.75, 3.05) is 13.1 Å². The highest BCUT2D eigenvalue weighted by Gasteiger charge is 2.32. The summed E-state index contributed by atoms with van der Waals surface area (Å²) < 4.78 is 26.9. The predicted octanol–water partition coefficient (Wildman–Crippen LogP) is 2.55.